The van der Waals surface area contributed by atoms with Gasteiger partial charge in [0.15, 0.2) is 0 Å². The van der Waals surface area contributed by atoms with Crippen LogP contribution in [0.1, 0.15) is 20.3 Å². The van der Waals surface area contributed by atoms with Crippen LogP contribution in [0.25, 0.3) is 0 Å². The van der Waals surface area contributed by atoms with Crippen LogP contribution in [-0.4, -0.2) is 23.8 Å². The van der Waals surface area contributed by atoms with E-state index in [1.54, 1.807) is 0 Å². The molecule has 0 heterocycles. The van der Waals surface area contributed by atoms with Gasteiger partial charge < -0.3 is 4.57 Å². The summed E-state index contributed by atoms with van der Waals surface area (Å²) in [5.41, 5.74) is 0. The van der Waals surface area contributed by atoms with Gasteiger partial charge in [0.2, 0.25) is 0 Å². The minimum Gasteiger partial charge on any atom is -0.324 e. The third-order valence-electron chi connectivity index (χ3n) is 1.85. The van der Waals surface area contributed by atoms with Crippen LogP contribution in [-0.2, 0) is 4.57 Å². The van der Waals surface area contributed by atoms with Gasteiger partial charge in [0, 0.05) is 11.5 Å². The second-order valence-electron chi connectivity index (χ2n) is 2.46. The fraction of sp³-hybridized carbons (Fsp3) is 1.00. The van der Waals surface area contributed by atoms with Crippen molar-refractivity contribution in [2.45, 2.75) is 20.3 Å². The summed E-state index contributed by atoms with van der Waals surface area (Å²) in [6.07, 6.45) is 3.72. The number of rotatable bonds is 5. The van der Waals surface area contributed by atoms with Crippen molar-refractivity contribution < 1.29 is 4.57 Å². The molecule has 0 fully saturated rings. The first-order valence-corrected chi connectivity index (χ1v) is 7.20. The lowest BCUT2D eigenvalue weighted by molar-refractivity contribution is 0.575. The van der Waals surface area contributed by atoms with E-state index in [1.807, 2.05) is 13.8 Å². The molecule has 0 bridgehead atoms. The van der Waals surface area contributed by atoms with Gasteiger partial charge in [0.05, 0.1) is 7.14 Å². The van der Waals surface area contributed by atoms with Crippen molar-refractivity contribution in [1.82, 2.24) is 0 Å². The molecule has 0 aromatic carbocycles. The Morgan fingerprint density at radius 2 is 1.80 bits per heavy atom. The van der Waals surface area contributed by atoms with Gasteiger partial charge in [0.1, 0.15) is 0 Å². The summed E-state index contributed by atoms with van der Waals surface area (Å²) in [7, 11) is -1.73. The molecule has 0 aromatic rings. The Morgan fingerprint density at radius 1 is 1.30 bits per heavy atom. The van der Waals surface area contributed by atoms with Crippen LogP contribution in [0.3, 0.4) is 0 Å². The molecule has 0 saturated carbocycles. The Morgan fingerprint density at radius 3 is 2.10 bits per heavy atom. The minimum absolute atomic E-state index is 0.872. The van der Waals surface area contributed by atoms with Gasteiger partial charge in [-0.15, -0.1) is 0 Å². The highest BCUT2D eigenvalue weighted by Gasteiger charge is 2.14. The van der Waals surface area contributed by atoms with Crippen LogP contribution < -0.4 is 0 Å². The molecule has 0 amide bonds. The Kier molecular flexibility index (Phi) is 5.75. The van der Waals surface area contributed by atoms with Crippen molar-refractivity contribution in [3.05, 3.63) is 0 Å². The minimum atomic E-state index is -1.73. The fourth-order valence-corrected chi connectivity index (χ4v) is 3.42. The first kappa shape index (κ1) is 10.7. The van der Waals surface area contributed by atoms with Crippen LogP contribution in [0.15, 0.2) is 0 Å². The van der Waals surface area contributed by atoms with Crippen molar-refractivity contribution in [2.75, 3.05) is 23.8 Å². The maximum absolute atomic E-state index is 11.7. The Balaban J connectivity index is 3.70. The summed E-state index contributed by atoms with van der Waals surface area (Å²) in [6, 6.07) is 0. The Hall–Kier alpha value is 0.710. The summed E-state index contributed by atoms with van der Waals surface area (Å²) in [6.45, 7) is 4.05. The molecule has 0 aliphatic heterocycles. The second kappa shape index (κ2) is 5.37. The van der Waals surface area contributed by atoms with Gasteiger partial charge in [-0.25, -0.2) is 0 Å². The molecule has 0 N–H and O–H groups in total. The first-order chi connectivity index (χ1) is 4.68. The number of halogens is 1. The molecular weight excluding hydrogens is 211 g/mol. The molecule has 0 saturated heterocycles. The molecule has 0 aliphatic carbocycles. The summed E-state index contributed by atoms with van der Waals surface area (Å²) < 4.78 is 11.7. The van der Waals surface area contributed by atoms with Crippen molar-refractivity contribution >= 4 is 23.1 Å². The first-order valence-electron chi connectivity index (χ1n) is 3.81. The highest BCUT2D eigenvalue weighted by Crippen LogP contribution is 2.44. The average Bonchev–Trinajstić information content (AvgIpc) is 2.00. The number of hydrogen-bond acceptors (Lipinski definition) is 1. The summed E-state index contributed by atoms with van der Waals surface area (Å²) in [5, 5.41) is 0.983. The highest BCUT2D eigenvalue weighted by atomic mass is 79.9. The monoisotopic (exact) mass is 226 g/mol. The van der Waals surface area contributed by atoms with Crippen LogP contribution in [0.5, 0.6) is 0 Å². The maximum atomic E-state index is 11.7. The van der Waals surface area contributed by atoms with E-state index in [4.69, 9.17) is 0 Å². The van der Waals surface area contributed by atoms with E-state index in [2.05, 4.69) is 15.9 Å². The molecule has 0 aliphatic rings. The molecular formula is C7H16BrOP. The van der Waals surface area contributed by atoms with Crippen LogP contribution in [0, 0.1) is 0 Å². The molecule has 0 atom stereocenters. The van der Waals surface area contributed by atoms with E-state index in [9.17, 15) is 4.57 Å². The number of hydrogen-bond donors (Lipinski definition) is 0. The summed E-state index contributed by atoms with van der Waals surface area (Å²) in [5.74, 6) is 0. The third kappa shape index (κ3) is 3.78. The Bertz CT molecular complexity index is 117. The maximum Gasteiger partial charge on any atom is 0.0872 e. The van der Waals surface area contributed by atoms with Crippen molar-refractivity contribution in [2.24, 2.45) is 0 Å². The molecule has 3 heteroatoms. The smallest absolute Gasteiger partial charge is 0.0872 e. The SMILES string of the molecule is CCP(=O)(CC)CCCBr. The van der Waals surface area contributed by atoms with Gasteiger partial charge in [-0.3, -0.25) is 0 Å². The average molecular weight is 227 g/mol. The van der Waals surface area contributed by atoms with Gasteiger partial charge in [-0.1, -0.05) is 29.8 Å². The third-order valence-corrected chi connectivity index (χ3v) is 5.85. The lowest BCUT2D eigenvalue weighted by Crippen LogP contribution is -1.95. The van der Waals surface area contributed by atoms with E-state index >= 15 is 0 Å². The molecule has 62 valence electrons. The van der Waals surface area contributed by atoms with E-state index in [-0.39, 0.29) is 0 Å². The van der Waals surface area contributed by atoms with Crippen LogP contribution in [0.2, 0.25) is 0 Å². The molecule has 0 aromatic heterocycles. The van der Waals surface area contributed by atoms with Crippen LogP contribution >= 0.6 is 23.1 Å². The molecule has 0 rings (SSSR count). The zero-order valence-corrected chi connectivity index (χ0v) is 9.25. The normalized spacial score (nSPS) is 11.9. The van der Waals surface area contributed by atoms with Gasteiger partial charge in [-0.05, 0) is 18.7 Å². The number of alkyl halides is 1. The molecule has 0 unspecified atom stereocenters. The second-order valence-corrected chi connectivity index (χ2v) is 7.08. The van der Waals surface area contributed by atoms with Gasteiger partial charge >= 0.3 is 0 Å². The summed E-state index contributed by atoms with van der Waals surface area (Å²) in [4.78, 5) is 0. The lowest BCUT2D eigenvalue weighted by atomic mass is 10.6. The standard InChI is InChI=1S/C7H16BrOP/c1-3-10(9,4-2)7-5-6-8/h3-7H2,1-2H3. The fourth-order valence-electron chi connectivity index (χ4n) is 0.888. The van der Waals surface area contributed by atoms with Crippen molar-refractivity contribution in [3.8, 4) is 0 Å². The molecule has 1 nitrogen and oxygen atoms in total. The van der Waals surface area contributed by atoms with E-state index in [0.717, 1.165) is 30.2 Å². The van der Waals surface area contributed by atoms with E-state index < -0.39 is 7.14 Å². The summed E-state index contributed by atoms with van der Waals surface area (Å²) >= 11 is 3.34. The van der Waals surface area contributed by atoms with Gasteiger partial charge in [0.25, 0.3) is 0 Å². The van der Waals surface area contributed by atoms with Crippen molar-refractivity contribution in [3.63, 3.8) is 0 Å². The molecule has 0 radical (unpaired) electrons. The van der Waals surface area contributed by atoms with E-state index in [0.29, 0.717) is 0 Å². The highest BCUT2D eigenvalue weighted by molar-refractivity contribution is 9.09. The Labute approximate surface area is 72.1 Å². The molecule has 0 spiro atoms. The quantitative estimate of drug-likeness (QED) is 0.520. The predicted octanol–water partition coefficient (Wildman–Crippen LogP) is 3.17. The largest absolute Gasteiger partial charge is 0.324 e. The van der Waals surface area contributed by atoms with E-state index in [1.165, 1.54) is 0 Å². The predicted molar refractivity (Wildman–Crippen MR) is 52.0 cm³/mol. The zero-order chi connectivity index (χ0) is 8.04. The lowest BCUT2D eigenvalue weighted by Gasteiger charge is -2.12. The van der Waals surface area contributed by atoms with Gasteiger partial charge in [-0.2, -0.15) is 0 Å². The van der Waals surface area contributed by atoms with Crippen molar-refractivity contribution in [1.29, 1.82) is 0 Å². The van der Waals surface area contributed by atoms with Crippen LogP contribution in [0.4, 0.5) is 0 Å². The molecule has 10 heavy (non-hydrogen) atoms. The topological polar surface area (TPSA) is 17.1 Å². The zero-order valence-electron chi connectivity index (χ0n) is 6.77.